The lowest BCUT2D eigenvalue weighted by molar-refractivity contribution is 0.148. The molecule has 7 nitrogen and oxygen atoms in total. The minimum atomic E-state index is -0.382. The molecule has 1 aromatic heterocycles. The van der Waals surface area contributed by atoms with Crippen LogP contribution in [-0.4, -0.2) is 65.6 Å². The highest BCUT2D eigenvalue weighted by Crippen LogP contribution is 2.36. The van der Waals surface area contributed by atoms with Crippen molar-refractivity contribution in [3.05, 3.63) is 83.2 Å². The number of hydrogen-bond donors (Lipinski definition) is 2. The number of halogens is 1. The summed E-state index contributed by atoms with van der Waals surface area (Å²) in [5.41, 5.74) is 4.29. The summed E-state index contributed by atoms with van der Waals surface area (Å²) in [5.74, 6) is 0.830. The van der Waals surface area contributed by atoms with Crippen LogP contribution < -0.4 is 9.47 Å². The second-order valence-corrected chi connectivity index (χ2v) is 9.31. The number of ether oxygens (including phenoxy) is 2. The van der Waals surface area contributed by atoms with Crippen LogP contribution in [-0.2, 0) is 6.54 Å². The number of aromatic amines is 1. The molecule has 0 unspecified atom stereocenters. The van der Waals surface area contributed by atoms with Crippen molar-refractivity contribution in [2.75, 3.05) is 40.0 Å². The molecule has 3 aromatic carbocycles. The molecule has 0 amide bonds. The molecule has 4 aromatic rings. The average molecular weight is 487 g/mol. The van der Waals surface area contributed by atoms with Crippen LogP contribution in [0.2, 0.25) is 0 Å². The number of aromatic hydroxyl groups is 1. The Bertz CT molecular complexity index is 1440. The Morgan fingerprint density at radius 1 is 0.972 bits per heavy atom. The van der Waals surface area contributed by atoms with E-state index in [4.69, 9.17) is 14.5 Å². The van der Waals surface area contributed by atoms with E-state index in [1.165, 1.54) is 17.7 Å². The third kappa shape index (κ3) is 4.41. The van der Waals surface area contributed by atoms with Crippen LogP contribution in [0.15, 0.2) is 65.7 Å². The fourth-order valence-corrected chi connectivity index (χ4v) is 4.77. The minimum absolute atomic E-state index is 0.0706. The number of nitrogens with zero attached hydrogens (tertiary/aromatic N) is 3. The third-order valence-corrected chi connectivity index (χ3v) is 6.80. The Balaban J connectivity index is 1.38. The van der Waals surface area contributed by atoms with Crippen LogP contribution in [0.5, 0.6) is 17.4 Å². The molecule has 1 saturated heterocycles. The first kappa shape index (κ1) is 22.6. The first-order chi connectivity index (χ1) is 17.5. The maximum atomic E-state index is 13.9. The molecule has 184 valence electrons. The van der Waals surface area contributed by atoms with Crippen LogP contribution in [0.25, 0.3) is 10.9 Å². The lowest BCUT2D eigenvalue weighted by Gasteiger charge is -2.32. The van der Waals surface area contributed by atoms with Crippen molar-refractivity contribution in [1.82, 2.24) is 14.8 Å². The number of hydrogen-bond acceptors (Lipinski definition) is 6. The van der Waals surface area contributed by atoms with Crippen molar-refractivity contribution in [2.45, 2.75) is 6.54 Å². The second-order valence-electron chi connectivity index (χ2n) is 9.31. The van der Waals surface area contributed by atoms with E-state index in [0.29, 0.717) is 33.7 Å². The zero-order valence-corrected chi connectivity index (χ0v) is 20.0. The van der Waals surface area contributed by atoms with Crippen LogP contribution in [0, 0.1) is 5.82 Å². The van der Waals surface area contributed by atoms with Gasteiger partial charge in [0.05, 0.1) is 22.5 Å². The maximum Gasteiger partial charge on any atom is 0.231 e. The lowest BCUT2D eigenvalue weighted by Crippen LogP contribution is -2.43. The smallest absolute Gasteiger partial charge is 0.231 e. The molecule has 0 atom stereocenters. The minimum Gasteiger partial charge on any atom is -0.494 e. The van der Waals surface area contributed by atoms with Gasteiger partial charge in [-0.1, -0.05) is 12.1 Å². The number of nitrogens with one attached hydrogen (secondary N) is 1. The summed E-state index contributed by atoms with van der Waals surface area (Å²) in [5, 5.41) is 11.5. The van der Waals surface area contributed by atoms with E-state index in [1.54, 1.807) is 6.07 Å². The predicted molar refractivity (Wildman–Crippen MR) is 137 cm³/mol. The fourth-order valence-electron chi connectivity index (χ4n) is 4.77. The van der Waals surface area contributed by atoms with Gasteiger partial charge in [0.1, 0.15) is 5.82 Å². The number of piperazine rings is 1. The van der Waals surface area contributed by atoms with Crippen molar-refractivity contribution in [3.8, 4) is 17.4 Å². The van der Waals surface area contributed by atoms with Gasteiger partial charge in [0, 0.05) is 43.7 Å². The molecule has 0 aliphatic carbocycles. The summed E-state index contributed by atoms with van der Waals surface area (Å²) in [7, 11) is 2.16. The van der Waals surface area contributed by atoms with Gasteiger partial charge in [-0.05, 0) is 61.1 Å². The van der Waals surface area contributed by atoms with Gasteiger partial charge in [-0.25, -0.2) is 9.38 Å². The Kier molecular flexibility index (Phi) is 5.83. The van der Waals surface area contributed by atoms with E-state index in [9.17, 15) is 9.50 Å². The standard InChI is InChI=1S/C28H27FN4O3/c1-32-10-12-33(13-11-32)16-18-2-6-21(7-3-18)30-27(19-4-9-24-25(14-19)36-17-35-24)26-22-8-5-20(29)15-23(22)31-28(26)34/h2-9,14-15,31,34H,10-13,16-17H2,1H3. The van der Waals surface area contributed by atoms with E-state index in [2.05, 4.69) is 34.0 Å². The van der Waals surface area contributed by atoms with Crippen LogP contribution in [0.3, 0.4) is 0 Å². The zero-order chi connectivity index (χ0) is 24.6. The Morgan fingerprint density at radius 3 is 2.56 bits per heavy atom. The highest BCUT2D eigenvalue weighted by atomic mass is 19.1. The molecule has 1 fully saturated rings. The van der Waals surface area contributed by atoms with Crippen LogP contribution in [0.1, 0.15) is 16.7 Å². The van der Waals surface area contributed by atoms with Gasteiger partial charge in [-0.2, -0.15) is 0 Å². The van der Waals surface area contributed by atoms with Gasteiger partial charge in [0.15, 0.2) is 17.4 Å². The molecule has 2 N–H and O–H groups in total. The maximum absolute atomic E-state index is 13.9. The lowest BCUT2D eigenvalue weighted by atomic mass is 10.00. The summed E-state index contributed by atoms with van der Waals surface area (Å²) < 4.78 is 24.9. The number of likely N-dealkylation sites (N-methyl/N-ethyl adjacent to an activating group) is 1. The van der Waals surface area contributed by atoms with Crippen molar-refractivity contribution >= 4 is 22.3 Å². The molecule has 36 heavy (non-hydrogen) atoms. The average Bonchev–Trinajstić information content (AvgIpc) is 3.47. The summed E-state index contributed by atoms with van der Waals surface area (Å²) >= 11 is 0. The van der Waals surface area contributed by atoms with E-state index in [1.807, 2.05) is 30.3 Å². The summed E-state index contributed by atoms with van der Waals surface area (Å²) in [4.78, 5) is 12.6. The van der Waals surface area contributed by atoms with Crippen molar-refractivity contribution in [1.29, 1.82) is 0 Å². The van der Waals surface area contributed by atoms with Crippen LogP contribution in [0.4, 0.5) is 10.1 Å². The quantitative estimate of drug-likeness (QED) is 0.402. The molecule has 0 bridgehead atoms. The van der Waals surface area contributed by atoms with E-state index in [0.717, 1.165) is 44.0 Å². The number of H-pyrrole nitrogens is 1. The van der Waals surface area contributed by atoms with E-state index >= 15 is 0 Å². The van der Waals surface area contributed by atoms with Crippen molar-refractivity contribution < 1.29 is 19.0 Å². The number of benzene rings is 3. The van der Waals surface area contributed by atoms with E-state index < -0.39 is 0 Å². The Hall–Kier alpha value is -3.88. The highest BCUT2D eigenvalue weighted by molar-refractivity contribution is 6.22. The topological polar surface area (TPSA) is 73.3 Å². The largest absolute Gasteiger partial charge is 0.494 e. The molecule has 8 heteroatoms. The summed E-state index contributed by atoms with van der Waals surface area (Å²) in [6, 6.07) is 18.1. The molecule has 2 aliphatic rings. The van der Waals surface area contributed by atoms with Gasteiger partial charge in [0.25, 0.3) is 0 Å². The number of aromatic nitrogens is 1. The monoisotopic (exact) mass is 486 g/mol. The normalized spacial score (nSPS) is 16.7. The van der Waals surface area contributed by atoms with Crippen molar-refractivity contribution in [2.24, 2.45) is 4.99 Å². The SMILES string of the molecule is CN1CCN(Cc2ccc(N=C(c3ccc4c(c3)OCO4)c3c(O)[nH]c4cc(F)ccc34)cc2)CC1. The number of aliphatic imine (C=N–C) groups is 1. The number of fused-ring (bicyclic) bond motifs is 2. The molecular formula is C28H27FN4O3. The van der Waals surface area contributed by atoms with Crippen molar-refractivity contribution in [3.63, 3.8) is 0 Å². The van der Waals surface area contributed by atoms with E-state index in [-0.39, 0.29) is 18.5 Å². The first-order valence-corrected chi connectivity index (χ1v) is 12.0. The van der Waals surface area contributed by atoms with Gasteiger partial charge < -0.3 is 24.5 Å². The zero-order valence-electron chi connectivity index (χ0n) is 20.0. The summed E-state index contributed by atoms with van der Waals surface area (Å²) in [6.45, 7) is 5.36. The van der Waals surface area contributed by atoms with Gasteiger partial charge in [0.2, 0.25) is 6.79 Å². The molecule has 3 heterocycles. The summed E-state index contributed by atoms with van der Waals surface area (Å²) in [6.07, 6.45) is 0. The Morgan fingerprint density at radius 2 is 1.75 bits per heavy atom. The molecule has 0 radical (unpaired) electrons. The second kappa shape index (κ2) is 9.29. The molecule has 2 aliphatic heterocycles. The van der Waals surface area contributed by atoms with Gasteiger partial charge in [-0.15, -0.1) is 0 Å². The fraction of sp³-hybridized carbons (Fsp3) is 0.250. The van der Waals surface area contributed by atoms with Gasteiger partial charge >= 0.3 is 0 Å². The molecule has 0 spiro atoms. The molecule has 0 saturated carbocycles. The highest BCUT2D eigenvalue weighted by Gasteiger charge is 2.22. The third-order valence-electron chi connectivity index (χ3n) is 6.80. The van der Waals surface area contributed by atoms with Crippen LogP contribution >= 0.6 is 0 Å². The Labute approximate surface area is 208 Å². The predicted octanol–water partition coefficient (Wildman–Crippen LogP) is 4.66. The molecular weight excluding hydrogens is 459 g/mol. The van der Waals surface area contributed by atoms with Gasteiger partial charge in [-0.3, -0.25) is 4.90 Å². The number of rotatable bonds is 5. The molecule has 6 rings (SSSR count). The first-order valence-electron chi connectivity index (χ1n) is 12.0.